The lowest BCUT2D eigenvalue weighted by Crippen LogP contribution is -2.42. The number of amides is 2. The van der Waals surface area contributed by atoms with Crippen molar-refractivity contribution in [3.8, 4) is 0 Å². The number of hydrogen-bond donors (Lipinski definition) is 3. The molecule has 1 heterocycles. The SMILES string of the molecule is CCN(CC)S(=O)(=O)c1cccc(C(=O)NNC(=O)c2[nH]c(C)c(C(=O)OC(C)C)c2C)c1. The smallest absolute Gasteiger partial charge is 0.340 e. The molecule has 33 heavy (non-hydrogen) atoms. The maximum absolute atomic E-state index is 12.7. The number of nitrogens with zero attached hydrogens (tertiary/aromatic N) is 1. The van der Waals surface area contributed by atoms with E-state index in [1.807, 2.05) is 0 Å². The second-order valence-electron chi connectivity index (χ2n) is 7.60. The van der Waals surface area contributed by atoms with Crippen molar-refractivity contribution in [2.24, 2.45) is 0 Å². The van der Waals surface area contributed by atoms with E-state index < -0.39 is 27.8 Å². The third-order valence-electron chi connectivity index (χ3n) is 4.94. The van der Waals surface area contributed by atoms with Crippen LogP contribution in [0.15, 0.2) is 29.2 Å². The van der Waals surface area contributed by atoms with Gasteiger partial charge in [-0.15, -0.1) is 0 Å². The third kappa shape index (κ3) is 5.79. The number of rotatable bonds is 8. The monoisotopic (exact) mass is 478 g/mol. The summed E-state index contributed by atoms with van der Waals surface area (Å²) in [6, 6.07) is 5.55. The number of hydrazine groups is 1. The molecule has 0 saturated carbocycles. The fraction of sp³-hybridized carbons (Fsp3) is 0.409. The van der Waals surface area contributed by atoms with Crippen LogP contribution < -0.4 is 10.9 Å². The molecule has 0 atom stereocenters. The molecule has 10 nitrogen and oxygen atoms in total. The molecule has 2 aromatic rings. The summed E-state index contributed by atoms with van der Waals surface area (Å²) < 4.78 is 31.9. The number of carbonyl (C=O) groups excluding carboxylic acids is 3. The molecule has 180 valence electrons. The molecule has 0 radical (unpaired) electrons. The van der Waals surface area contributed by atoms with Gasteiger partial charge in [0, 0.05) is 24.3 Å². The summed E-state index contributed by atoms with van der Waals surface area (Å²) in [4.78, 5) is 40.2. The predicted octanol–water partition coefficient (Wildman–Crippen LogP) is 2.30. The van der Waals surface area contributed by atoms with Crippen LogP contribution >= 0.6 is 0 Å². The molecule has 0 aliphatic carbocycles. The zero-order valence-electron chi connectivity index (χ0n) is 19.6. The lowest BCUT2D eigenvalue weighted by Gasteiger charge is -2.18. The van der Waals surface area contributed by atoms with Crippen LogP contribution in [0.2, 0.25) is 0 Å². The summed E-state index contributed by atoms with van der Waals surface area (Å²) in [7, 11) is -3.74. The number of aromatic amines is 1. The predicted molar refractivity (Wildman–Crippen MR) is 122 cm³/mol. The first-order chi connectivity index (χ1) is 15.4. The first kappa shape index (κ1) is 26.1. The van der Waals surface area contributed by atoms with Crippen molar-refractivity contribution in [2.75, 3.05) is 13.1 Å². The Kier molecular flexibility index (Phi) is 8.39. The molecule has 3 N–H and O–H groups in total. The number of carbonyl (C=O) groups is 3. The van der Waals surface area contributed by atoms with E-state index in [1.54, 1.807) is 41.5 Å². The fourth-order valence-electron chi connectivity index (χ4n) is 3.31. The highest BCUT2D eigenvalue weighted by Gasteiger charge is 2.25. The highest BCUT2D eigenvalue weighted by molar-refractivity contribution is 7.89. The Hall–Kier alpha value is -3.18. The number of esters is 1. The van der Waals surface area contributed by atoms with Gasteiger partial charge in [-0.1, -0.05) is 19.9 Å². The van der Waals surface area contributed by atoms with Crippen LogP contribution in [-0.4, -0.2) is 54.7 Å². The Morgan fingerprint density at radius 2 is 1.67 bits per heavy atom. The number of benzene rings is 1. The van der Waals surface area contributed by atoms with E-state index >= 15 is 0 Å². The Balaban J connectivity index is 2.16. The molecule has 1 aromatic heterocycles. The van der Waals surface area contributed by atoms with Gasteiger partial charge < -0.3 is 9.72 Å². The Labute approximate surface area is 193 Å². The van der Waals surface area contributed by atoms with Gasteiger partial charge in [-0.3, -0.25) is 20.4 Å². The third-order valence-corrected chi connectivity index (χ3v) is 6.99. The number of hydrogen-bond acceptors (Lipinski definition) is 6. The molecule has 1 aromatic carbocycles. The molecule has 0 aliphatic heterocycles. The lowest BCUT2D eigenvalue weighted by atomic mass is 10.1. The minimum absolute atomic E-state index is 0.0191. The summed E-state index contributed by atoms with van der Waals surface area (Å²) in [6.45, 7) is 10.7. The van der Waals surface area contributed by atoms with Gasteiger partial charge >= 0.3 is 5.97 Å². The van der Waals surface area contributed by atoms with Crippen molar-refractivity contribution < 1.29 is 27.5 Å². The van der Waals surface area contributed by atoms with Gasteiger partial charge in [0.1, 0.15) is 5.69 Å². The van der Waals surface area contributed by atoms with Crippen LogP contribution in [0.25, 0.3) is 0 Å². The molecule has 0 bridgehead atoms. The van der Waals surface area contributed by atoms with Crippen molar-refractivity contribution in [3.63, 3.8) is 0 Å². The highest BCUT2D eigenvalue weighted by atomic mass is 32.2. The van der Waals surface area contributed by atoms with Gasteiger partial charge in [-0.05, 0) is 51.5 Å². The summed E-state index contributed by atoms with van der Waals surface area (Å²) in [5.41, 5.74) is 5.81. The summed E-state index contributed by atoms with van der Waals surface area (Å²) in [5.74, 6) is -1.91. The van der Waals surface area contributed by atoms with Crippen molar-refractivity contribution >= 4 is 27.8 Å². The standard InChI is InChI=1S/C22H30N4O6S/c1-7-26(8-2)33(30,31)17-11-9-10-16(12-17)20(27)24-25-21(28)19-14(5)18(15(6)23-19)22(29)32-13(3)4/h9-13,23H,7-8H2,1-6H3,(H,24,27)(H,25,28). The average molecular weight is 479 g/mol. The van der Waals surface area contributed by atoms with E-state index in [0.717, 1.165) is 0 Å². The van der Waals surface area contributed by atoms with Crippen LogP contribution in [0.3, 0.4) is 0 Å². The maximum atomic E-state index is 12.7. The Morgan fingerprint density at radius 1 is 1.06 bits per heavy atom. The van der Waals surface area contributed by atoms with E-state index in [0.29, 0.717) is 24.3 Å². The minimum Gasteiger partial charge on any atom is -0.459 e. The van der Waals surface area contributed by atoms with E-state index in [9.17, 15) is 22.8 Å². The molecule has 0 spiro atoms. The Morgan fingerprint density at radius 3 is 2.24 bits per heavy atom. The maximum Gasteiger partial charge on any atom is 0.340 e. The van der Waals surface area contributed by atoms with Crippen LogP contribution in [0.1, 0.15) is 70.2 Å². The van der Waals surface area contributed by atoms with Crippen LogP contribution in [0, 0.1) is 13.8 Å². The van der Waals surface area contributed by atoms with Gasteiger partial charge in [0.15, 0.2) is 0 Å². The topological polar surface area (TPSA) is 138 Å². The van der Waals surface area contributed by atoms with Crippen molar-refractivity contribution in [1.82, 2.24) is 20.1 Å². The molecule has 0 fully saturated rings. The summed E-state index contributed by atoms with van der Waals surface area (Å²) in [6.07, 6.45) is -0.316. The largest absolute Gasteiger partial charge is 0.459 e. The first-order valence-electron chi connectivity index (χ1n) is 10.5. The lowest BCUT2D eigenvalue weighted by molar-refractivity contribution is 0.0376. The molecule has 11 heteroatoms. The molecule has 2 amide bonds. The second-order valence-corrected chi connectivity index (χ2v) is 9.54. The average Bonchev–Trinajstić information content (AvgIpc) is 3.06. The number of H-pyrrole nitrogens is 1. The molecule has 0 unspecified atom stereocenters. The molecular formula is C22H30N4O6S. The van der Waals surface area contributed by atoms with Crippen molar-refractivity contribution in [1.29, 1.82) is 0 Å². The zero-order valence-corrected chi connectivity index (χ0v) is 20.4. The zero-order chi connectivity index (χ0) is 24.9. The first-order valence-corrected chi connectivity index (χ1v) is 12.0. The summed E-state index contributed by atoms with van der Waals surface area (Å²) >= 11 is 0. The molecule has 0 aliphatic rings. The van der Waals surface area contributed by atoms with Gasteiger partial charge in [-0.25, -0.2) is 13.2 Å². The van der Waals surface area contributed by atoms with Gasteiger partial charge in [0.25, 0.3) is 11.8 Å². The van der Waals surface area contributed by atoms with E-state index in [2.05, 4.69) is 15.8 Å². The van der Waals surface area contributed by atoms with E-state index in [4.69, 9.17) is 4.74 Å². The Bertz CT molecular complexity index is 1150. The highest BCUT2D eigenvalue weighted by Crippen LogP contribution is 2.20. The molecular weight excluding hydrogens is 448 g/mol. The normalized spacial score (nSPS) is 11.5. The fourth-order valence-corrected chi connectivity index (χ4v) is 4.82. The minimum atomic E-state index is -3.74. The van der Waals surface area contributed by atoms with Gasteiger partial charge in [0.2, 0.25) is 10.0 Å². The quantitative estimate of drug-likeness (QED) is 0.393. The van der Waals surface area contributed by atoms with E-state index in [1.165, 1.54) is 28.6 Å². The van der Waals surface area contributed by atoms with Crippen molar-refractivity contribution in [3.05, 3.63) is 52.3 Å². The van der Waals surface area contributed by atoms with Crippen LogP contribution in [0.4, 0.5) is 0 Å². The molecule has 2 rings (SSSR count). The van der Waals surface area contributed by atoms with Gasteiger partial charge in [0.05, 0.1) is 16.6 Å². The summed E-state index contributed by atoms with van der Waals surface area (Å²) in [5, 5.41) is 0. The number of aromatic nitrogens is 1. The van der Waals surface area contributed by atoms with Crippen LogP contribution in [0.5, 0.6) is 0 Å². The number of nitrogens with one attached hydrogen (secondary N) is 3. The number of aryl methyl sites for hydroxylation is 1. The van der Waals surface area contributed by atoms with Gasteiger partial charge in [-0.2, -0.15) is 4.31 Å². The van der Waals surface area contributed by atoms with Crippen molar-refractivity contribution in [2.45, 2.75) is 52.5 Å². The van der Waals surface area contributed by atoms with E-state index in [-0.39, 0.29) is 27.8 Å². The molecule has 0 saturated heterocycles. The number of sulfonamides is 1. The number of ether oxygens (including phenoxy) is 1. The van der Waals surface area contributed by atoms with Crippen LogP contribution in [-0.2, 0) is 14.8 Å². The second kappa shape index (κ2) is 10.6.